The van der Waals surface area contributed by atoms with Crippen LogP contribution in [0.5, 0.6) is 11.5 Å². The predicted octanol–water partition coefficient (Wildman–Crippen LogP) is 0.957. The zero-order valence-corrected chi connectivity index (χ0v) is 14.7. The Balaban J connectivity index is 1.46. The van der Waals surface area contributed by atoms with Crippen molar-refractivity contribution < 1.29 is 22.7 Å². The minimum atomic E-state index is -3.65. The summed E-state index contributed by atoms with van der Waals surface area (Å²) in [6.45, 7) is 1.26. The van der Waals surface area contributed by atoms with Crippen LogP contribution < -0.4 is 9.47 Å². The van der Waals surface area contributed by atoms with Gasteiger partial charge in [-0.25, -0.2) is 8.42 Å². The number of aromatic nitrogens is 1. The van der Waals surface area contributed by atoms with Crippen molar-refractivity contribution in [1.82, 2.24) is 14.2 Å². The smallest absolute Gasteiger partial charge is 0.254 e. The maximum atomic E-state index is 12.9. The van der Waals surface area contributed by atoms with Crippen LogP contribution in [0.2, 0.25) is 0 Å². The van der Waals surface area contributed by atoms with E-state index >= 15 is 0 Å². The molecule has 0 aliphatic carbocycles. The van der Waals surface area contributed by atoms with Crippen molar-refractivity contribution in [2.45, 2.75) is 4.90 Å². The number of fused-ring (bicyclic) bond motifs is 1. The average Bonchev–Trinajstić information content (AvgIpc) is 3.16. The second-order valence-electron chi connectivity index (χ2n) is 5.95. The summed E-state index contributed by atoms with van der Waals surface area (Å²) in [7, 11) is -3.65. The number of pyridine rings is 1. The van der Waals surface area contributed by atoms with Gasteiger partial charge in [-0.15, -0.1) is 0 Å². The van der Waals surface area contributed by atoms with Crippen LogP contribution >= 0.6 is 0 Å². The molecule has 2 aliphatic rings. The number of hydrogen-bond donors (Lipinski definition) is 0. The minimum Gasteiger partial charge on any atom is -0.454 e. The lowest BCUT2D eigenvalue weighted by atomic mass is 10.2. The summed E-state index contributed by atoms with van der Waals surface area (Å²) in [5.74, 6) is 0.849. The lowest BCUT2D eigenvalue weighted by molar-refractivity contribution is 0.0698. The Morgan fingerprint density at radius 1 is 0.962 bits per heavy atom. The van der Waals surface area contributed by atoms with Gasteiger partial charge in [0.15, 0.2) is 11.5 Å². The van der Waals surface area contributed by atoms with Gasteiger partial charge in [-0.2, -0.15) is 4.31 Å². The van der Waals surface area contributed by atoms with Gasteiger partial charge in [0.05, 0.1) is 4.90 Å². The topological polar surface area (TPSA) is 89.0 Å². The fourth-order valence-corrected chi connectivity index (χ4v) is 4.43. The van der Waals surface area contributed by atoms with E-state index in [-0.39, 0.29) is 30.7 Å². The van der Waals surface area contributed by atoms with E-state index in [0.717, 1.165) is 0 Å². The number of piperazine rings is 1. The zero-order chi connectivity index (χ0) is 18.1. The molecule has 3 heterocycles. The Morgan fingerprint density at radius 2 is 1.65 bits per heavy atom. The predicted molar refractivity (Wildman–Crippen MR) is 91.5 cm³/mol. The molecule has 9 heteroatoms. The van der Waals surface area contributed by atoms with Crippen molar-refractivity contribution in [3.05, 3.63) is 48.3 Å². The highest BCUT2D eigenvalue weighted by Crippen LogP contribution is 2.34. The van der Waals surface area contributed by atoms with Crippen LogP contribution in [-0.2, 0) is 10.0 Å². The van der Waals surface area contributed by atoms with Crippen LogP contribution in [0.15, 0.2) is 47.6 Å². The molecule has 1 aromatic heterocycles. The Kier molecular flexibility index (Phi) is 4.25. The SMILES string of the molecule is O=C(c1ccncc1)N1CCN(S(=O)(=O)c2ccc3c(c2)OCO3)CC1. The fraction of sp³-hybridized carbons (Fsp3) is 0.294. The third-order valence-electron chi connectivity index (χ3n) is 4.43. The lowest BCUT2D eigenvalue weighted by Crippen LogP contribution is -2.50. The van der Waals surface area contributed by atoms with Crippen LogP contribution in [0.25, 0.3) is 0 Å². The van der Waals surface area contributed by atoms with Crippen molar-refractivity contribution in [3.8, 4) is 11.5 Å². The Bertz CT molecular complexity index is 925. The molecule has 1 aromatic carbocycles. The summed E-state index contributed by atoms with van der Waals surface area (Å²) in [6, 6.07) is 7.89. The van der Waals surface area contributed by atoms with Gasteiger partial charge in [-0.3, -0.25) is 9.78 Å². The first-order valence-corrected chi connectivity index (χ1v) is 9.59. The largest absolute Gasteiger partial charge is 0.454 e. The molecular formula is C17H17N3O5S. The van der Waals surface area contributed by atoms with Crippen molar-refractivity contribution in [2.24, 2.45) is 0 Å². The van der Waals surface area contributed by atoms with Gasteiger partial charge in [-0.1, -0.05) is 0 Å². The third kappa shape index (κ3) is 2.99. The number of sulfonamides is 1. The highest BCUT2D eigenvalue weighted by Gasteiger charge is 2.31. The molecule has 0 spiro atoms. The van der Waals surface area contributed by atoms with Gasteiger partial charge in [0.25, 0.3) is 5.91 Å². The van der Waals surface area contributed by atoms with Crippen molar-refractivity contribution in [3.63, 3.8) is 0 Å². The number of hydrogen-bond acceptors (Lipinski definition) is 6. The van der Waals surface area contributed by atoms with Gasteiger partial charge in [0, 0.05) is 50.2 Å². The number of amides is 1. The van der Waals surface area contributed by atoms with E-state index in [1.54, 1.807) is 35.5 Å². The van der Waals surface area contributed by atoms with Crippen LogP contribution in [-0.4, -0.2) is 61.5 Å². The summed E-state index contributed by atoms with van der Waals surface area (Å²) in [5, 5.41) is 0. The standard InChI is InChI=1S/C17H17N3O5S/c21-17(13-3-5-18-6-4-13)19-7-9-20(10-8-19)26(22,23)14-1-2-15-16(11-14)25-12-24-15/h1-6,11H,7-10,12H2. The van der Waals surface area contributed by atoms with Crippen molar-refractivity contribution >= 4 is 15.9 Å². The normalized spacial score (nSPS) is 17.3. The van der Waals surface area contributed by atoms with Gasteiger partial charge in [0.1, 0.15) is 0 Å². The molecule has 1 saturated heterocycles. The fourth-order valence-electron chi connectivity index (χ4n) is 3.00. The van der Waals surface area contributed by atoms with Gasteiger partial charge >= 0.3 is 0 Å². The first-order chi connectivity index (χ1) is 12.6. The summed E-state index contributed by atoms with van der Waals surface area (Å²) in [6.07, 6.45) is 3.13. The summed E-state index contributed by atoms with van der Waals surface area (Å²) in [4.78, 5) is 18.2. The maximum Gasteiger partial charge on any atom is 0.254 e. The molecule has 0 atom stereocenters. The maximum absolute atomic E-state index is 12.9. The zero-order valence-electron chi connectivity index (χ0n) is 13.9. The number of rotatable bonds is 3. The molecule has 136 valence electrons. The molecule has 2 aromatic rings. The highest BCUT2D eigenvalue weighted by molar-refractivity contribution is 7.89. The van der Waals surface area contributed by atoms with Crippen LogP contribution in [0, 0.1) is 0 Å². The minimum absolute atomic E-state index is 0.0919. The van der Waals surface area contributed by atoms with Gasteiger partial charge in [-0.05, 0) is 24.3 Å². The van der Waals surface area contributed by atoms with E-state index in [4.69, 9.17) is 9.47 Å². The molecule has 0 saturated carbocycles. The second-order valence-corrected chi connectivity index (χ2v) is 7.89. The molecule has 0 bridgehead atoms. The number of nitrogens with zero attached hydrogens (tertiary/aromatic N) is 3. The Hall–Kier alpha value is -2.65. The molecule has 1 fully saturated rings. The van der Waals surface area contributed by atoms with Crippen molar-refractivity contribution in [2.75, 3.05) is 33.0 Å². The second kappa shape index (κ2) is 6.58. The molecule has 2 aliphatic heterocycles. The molecule has 4 rings (SSSR count). The van der Waals surface area contributed by atoms with E-state index < -0.39 is 10.0 Å². The molecule has 0 N–H and O–H groups in total. The Morgan fingerprint density at radius 3 is 2.38 bits per heavy atom. The molecule has 26 heavy (non-hydrogen) atoms. The number of carbonyl (C=O) groups is 1. The highest BCUT2D eigenvalue weighted by atomic mass is 32.2. The first kappa shape index (κ1) is 16.8. The van der Waals surface area contributed by atoms with E-state index in [1.807, 2.05) is 0 Å². The van der Waals surface area contributed by atoms with E-state index in [9.17, 15) is 13.2 Å². The van der Waals surface area contributed by atoms with Gasteiger partial charge < -0.3 is 14.4 Å². The number of carbonyl (C=O) groups excluding carboxylic acids is 1. The first-order valence-electron chi connectivity index (χ1n) is 8.15. The molecule has 1 amide bonds. The molecule has 8 nitrogen and oxygen atoms in total. The van der Waals surface area contributed by atoms with Crippen molar-refractivity contribution in [1.29, 1.82) is 0 Å². The third-order valence-corrected chi connectivity index (χ3v) is 6.33. The van der Waals surface area contributed by atoms with Crippen LogP contribution in [0.1, 0.15) is 10.4 Å². The van der Waals surface area contributed by atoms with E-state index in [0.29, 0.717) is 30.2 Å². The van der Waals surface area contributed by atoms with Gasteiger partial charge in [0.2, 0.25) is 16.8 Å². The van der Waals surface area contributed by atoms with E-state index in [2.05, 4.69) is 4.98 Å². The molecule has 0 radical (unpaired) electrons. The average molecular weight is 375 g/mol. The summed E-state index contributed by atoms with van der Waals surface area (Å²) >= 11 is 0. The molecule has 0 unspecified atom stereocenters. The van der Waals surface area contributed by atoms with Crippen LogP contribution in [0.4, 0.5) is 0 Å². The lowest BCUT2D eigenvalue weighted by Gasteiger charge is -2.34. The monoisotopic (exact) mass is 375 g/mol. The van der Waals surface area contributed by atoms with Crippen LogP contribution in [0.3, 0.4) is 0 Å². The quantitative estimate of drug-likeness (QED) is 0.794. The summed E-state index contributed by atoms with van der Waals surface area (Å²) < 4.78 is 37.6. The Labute approximate surface area is 151 Å². The number of ether oxygens (including phenoxy) is 2. The number of benzene rings is 1. The molecular weight excluding hydrogens is 358 g/mol. The summed E-state index contributed by atoms with van der Waals surface area (Å²) in [5.41, 5.74) is 0.548. The van der Waals surface area contributed by atoms with E-state index in [1.165, 1.54) is 16.4 Å².